The van der Waals surface area contributed by atoms with Crippen LogP contribution in [0, 0.1) is 5.82 Å². The van der Waals surface area contributed by atoms with Crippen molar-refractivity contribution in [3.05, 3.63) is 87.0 Å². The van der Waals surface area contributed by atoms with Crippen LogP contribution in [0.4, 0.5) is 10.1 Å². The van der Waals surface area contributed by atoms with Gasteiger partial charge in [0.2, 0.25) is 17.1 Å². The summed E-state index contributed by atoms with van der Waals surface area (Å²) in [6.07, 6.45) is 0. The predicted molar refractivity (Wildman–Crippen MR) is 113 cm³/mol. The number of fused-ring (bicyclic) bond motifs is 4. The third kappa shape index (κ3) is 2.70. The van der Waals surface area contributed by atoms with E-state index in [1.54, 1.807) is 30.3 Å². The van der Waals surface area contributed by atoms with Crippen LogP contribution in [0.3, 0.4) is 0 Å². The van der Waals surface area contributed by atoms with E-state index in [-0.39, 0.29) is 38.8 Å². The summed E-state index contributed by atoms with van der Waals surface area (Å²) < 4.78 is 20.4. The average molecular weight is 456 g/mol. The Morgan fingerprint density at radius 1 is 1.13 bits per heavy atom. The topological polar surface area (TPSA) is 81.2 Å². The maximum Gasteiger partial charge on any atom is 0.244 e. The van der Waals surface area contributed by atoms with E-state index in [4.69, 9.17) is 27.9 Å². The van der Waals surface area contributed by atoms with E-state index in [1.807, 2.05) is 0 Å². The summed E-state index contributed by atoms with van der Waals surface area (Å²) in [5, 5.41) is 2.36. The number of nitrogens with zero attached hydrogens (tertiary/aromatic N) is 2. The first-order chi connectivity index (χ1) is 14.8. The van der Waals surface area contributed by atoms with Gasteiger partial charge in [-0.05, 0) is 36.7 Å². The molecule has 0 aliphatic carbocycles. The Bertz CT molecular complexity index is 1330. The lowest BCUT2D eigenvalue weighted by molar-refractivity contribution is -0.121. The van der Waals surface area contributed by atoms with Gasteiger partial charge >= 0.3 is 0 Å². The predicted octanol–water partition coefficient (Wildman–Crippen LogP) is 4.55. The summed E-state index contributed by atoms with van der Waals surface area (Å²) in [7, 11) is 0. The molecule has 1 amide bonds. The highest BCUT2D eigenvalue weighted by molar-refractivity contribution is 6.34. The summed E-state index contributed by atoms with van der Waals surface area (Å²) in [5.41, 5.74) is -0.693. The molecular weight excluding hydrogens is 444 g/mol. The van der Waals surface area contributed by atoms with Gasteiger partial charge in [0.1, 0.15) is 22.1 Å². The zero-order valence-electron chi connectivity index (χ0n) is 15.9. The van der Waals surface area contributed by atoms with Crippen LogP contribution in [0.5, 0.6) is 5.88 Å². The number of carbonyl (C=O) groups is 2. The number of hydrogen-bond donors (Lipinski definition) is 1. The molecule has 154 valence electrons. The molecule has 0 fully saturated rings. The third-order valence-corrected chi connectivity index (χ3v) is 5.79. The smallest absolute Gasteiger partial charge is 0.244 e. The lowest BCUT2D eigenvalue weighted by Crippen LogP contribution is -2.44. The lowest BCUT2D eigenvalue weighted by atomic mass is 9.67. The standard InChI is InChI=1S/C22H12Cl2FN3O3/c1-10(29)15-17(11-5-3-2-4-6-11)31-19-16(18(23)27-21(24)28-19)22(15)13-9-12(25)7-8-14(13)26-20(22)30/h2-9H,1H3,(H,26,30). The molecule has 31 heavy (non-hydrogen) atoms. The number of carbonyl (C=O) groups excluding carboxylic acids is 2. The summed E-state index contributed by atoms with van der Waals surface area (Å²) in [4.78, 5) is 34.7. The van der Waals surface area contributed by atoms with Crippen molar-refractivity contribution in [1.29, 1.82) is 0 Å². The number of amides is 1. The molecule has 1 aromatic heterocycles. The van der Waals surface area contributed by atoms with Crippen molar-refractivity contribution in [1.82, 2.24) is 9.97 Å². The zero-order valence-corrected chi connectivity index (χ0v) is 17.4. The van der Waals surface area contributed by atoms with E-state index in [1.165, 1.54) is 25.1 Å². The van der Waals surface area contributed by atoms with E-state index >= 15 is 0 Å². The minimum atomic E-state index is -1.82. The number of ether oxygens (including phenoxy) is 1. The quantitative estimate of drug-likeness (QED) is 0.452. The van der Waals surface area contributed by atoms with E-state index in [0.29, 0.717) is 11.3 Å². The molecule has 3 aromatic rings. The molecule has 9 heteroatoms. The summed E-state index contributed by atoms with van der Waals surface area (Å²) in [6, 6.07) is 12.6. The van der Waals surface area contributed by atoms with Crippen LogP contribution in [-0.4, -0.2) is 21.7 Å². The second-order valence-corrected chi connectivity index (χ2v) is 7.78. The second-order valence-electron chi connectivity index (χ2n) is 7.09. The number of ketones is 1. The SMILES string of the molecule is CC(=O)C1=C(c2ccccc2)Oc2nc(Cl)nc(Cl)c2C12C(=O)Nc1ccc(F)cc12. The van der Waals surface area contributed by atoms with Crippen LogP contribution in [0.25, 0.3) is 5.76 Å². The number of rotatable bonds is 2. The van der Waals surface area contributed by atoms with Gasteiger partial charge in [0.15, 0.2) is 5.78 Å². The van der Waals surface area contributed by atoms with Gasteiger partial charge in [-0.2, -0.15) is 4.98 Å². The molecule has 0 radical (unpaired) electrons. The Labute approximate surface area is 185 Å². The molecule has 2 aliphatic rings. The van der Waals surface area contributed by atoms with E-state index in [2.05, 4.69) is 15.3 Å². The molecule has 2 aliphatic heterocycles. The number of anilines is 1. The maximum absolute atomic E-state index is 14.4. The van der Waals surface area contributed by atoms with Gasteiger partial charge in [0.05, 0.1) is 11.1 Å². The van der Waals surface area contributed by atoms with Crippen LogP contribution in [0.2, 0.25) is 10.4 Å². The van der Waals surface area contributed by atoms with Crippen molar-refractivity contribution in [2.75, 3.05) is 5.32 Å². The third-order valence-electron chi connectivity index (χ3n) is 5.34. The maximum atomic E-state index is 14.4. The normalized spacial score (nSPS) is 19.0. The molecular formula is C22H12Cl2FN3O3. The summed E-state index contributed by atoms with van der Waals surface area (Å²) in [6.45, 7) is 1.31. The zero-order chi connectivity index (χ0) is 21.9. The second kappa shape index (κ2) is 6.87. The van der Waals surface area contributed by atoms with Crippen molar-refractivity contribution < 1.29 is 18.7 Å². The van der Waals surface area contributed by atoms with Crippen molar-refractivity contribution in [3.63, 3.8) is 0 Å². The molecule has 0 saturated heterocycles. The number of benzene rings is 2. The number of Topliss-reactive ketones (excluding diaryl/α,β-unsaturated/α-hetero) is 1. The molecule has 6 nitrogen and oxygen atoms in total. The van der Waals surface area contributed by atoms with Gasteiger partial charge in [-0.1, -0.05) is 41.9 Å². The fraction of sp³-hybridized carbons (Fsp3) is 0.0909. The average Bonchev–Trinajstić information content (AvgIpc) is 2.99. The van der Waals surface area contributed by atoms with E-state index < -0.39 is 22.9 Å². The van der Waals surface area contributed by atoms with Crippen LogP contribution in [0.1, 0.15) is 23.6 Å². The van der Waals surface area contributed by atoms with E-state index in [9.17, 15) is 14.0 Å². The van der Waals surface area contributed by atoms with Gasteiger partial charge in [0.25, 0.3) is 0 Å². The largest absolute Gasteiger partial charge is 0.437 e. The minimum absolute atomic E-state index is 0.000808. The van der Waals surface area contributed by atoms with Crippen molar-refractivity contribution in [2.45, 2.75) is 12.3 Å². The number of aromatic nitrogens is 2. The Morgan fingerprint density at radius 3 is 2.58 bits per heavy atom. The molecule has 5 rings (SSSR count). The highest BCUT2D eigenvalue weighted by atomic mass is 35.5. The monoisotopic (exact) mass is 455 g/mol. The fourth-order valence-electron chi connectivity index (χ4n) is 4.21. The first-order valence-electron chi connectivity index (χ1n) is 9.18. The molecule has 2 aromatic carbocycles. The van der Waals surface area contributed by atoms with Crippen LogP contribution in [-0.2, 0) is 15.0 Å². The van der Waals surface area contributed by atoms with Crippen molar-refractivity contribution >= 4 is 46.3 Å². The summed E-state index contributed by atoms with van der Waals surface area (Å²) in [5.74, 6) is -1.61. The van der Waals surface area contributed by atoms with Crippen LogP contribution in [0.15, 0.2) is 54.1 Å². The lowest BCUT2D eigenvalue weighted by Gasteiger charge is -2.36. The van der Waals surface area contributed by atoms with Crippen LogP contribution < -0.4 is 10.1 Å². The van der Waals surface area contributed by atoms with Crippen LogP contribution >= 0.6 is 23.2 Å². The van der Waals surface area contributed by atoms with E-state index in [0.717, 1.165) is 0 Å². The number of halogens is 3. The Balaban J connectivity index is 1.99. The Hall–Kier alpha value is -3.29. The van der Waals surface area contributed by atoms with Gasteiger partial charge < -0.3 is 10.1 Å². The number of nitrogens with one attached hydrogen (secondary N) is 1. The first-order valence-corrected chi connectivity index (χ1v) is 9.93. The Morgan fingerprint density at radius 2 is 1.87 bits per heavy atom. The van der Waals surface area contributed by atoms with Gasteiger partial charge in [-0.3, -0.25) is 9.59 Å². The van der Waals surface area contributed by atoms with Crippen molar-refractivity contribution in [2.24, 2.45) is 0 Å². The minimum Gasteiger partial charge on any atom is -0.437 e. The van der Waals surface area contributed by atoms with Gasteiger partial charge in [-0.25, -0.2) is 9.37 Å². The Kier molecular flexibility index (Phi) is 4.35. The fourth-order valence-corrected chi connectivity index (χ4v) is 4.72. The van der Waals surface area contributed by atoms with Gasteiger partial charge in [-0.15, -0.1) is 0 Å². The molecule has 1 atom stereocenters. The molecule has 0 saturated carbocycles. The molecule has 0 bridgehead atoms. The molecule has 1 N–H and O–H groups in total. The number of hydrogen-bond acceptors (Lipinski definition) is 5. The first kappa shape index (κ1) is 19.7. The highest BCUT2D eigenvalue weighted by Gasteiger charge is 2.59. The van der Waals surface area contributed by atoms with Crippen molar-refractivity contribution in [3.8, 4) is 5.88 Å². The molecule has 1 spiro atoms. The highest BCUT2D eigenvalue weighted by Crippen LogP contribution is 2.56. The van der Waals surface area contributed by atoms with Gasteiger partial charge in [0, 0.05) is 16.8 Å². The molecule has 3 heterocycles. The summed E-state index contributed by atoms with van der Waals surface area (Å²) >= 11 is 12.4. The molecule has 1 unspecified atom stereocenters.